The van der Waals surface area contributed by atoms with E-state index in [9.17, 15) is 9.59 Å². The average Bonchev–Trinajstić information content (AvgIpc) is 2.61. The van der Waals surface area contributed by atoms with Gasteiger partial charge in [-0.1, -0.05) is 18.2 Å². The van der Waals surface area contributed by atoms with Crippen molar-refractivity contribution in [1.29, 1.82) is 0 Å². The smallest absolute Gasteiger partial charge is 0.282 e. The first kappa shape index (κ1) is 8.43. The van der Waals surface area contributed by atoms with Gasteiger partial charge in [-0.2, -0.15) is 0 Å². The molecule has 1 aromatic carbocycles. The van der Waals surface area contributed by atoms with E-state index in [4.69, 9.17) is 0 Å². The van der Waals surface area contributed by atoms with E-state index in [0.717, 1.165) is 4.68 Å². The van der Waals surface area contributed by atoms with Crippen molar-refractivity contribution in [2.75, 3.05) is 0 Å². The molecule has 1 heterocycles. The zero-order valence-corrected chi connectivity index (χ0v) is 7.14. The van der Waals surface area contributed by atoms with Gasteiger partial charge in [0.25, 0.3) is 0 Å². The Hall–Kier alpha value is -2.17. The Morgan fingerprint density at radius 1 is 1.29 bits per heavy atom. The summed E-state index contributed by atoms with van der Waals surface area (Å²) < 4.78 is 5.49. The first-order chi connectivity index (χ1) is 6.83. The molecule has 14 heavy (non-hydrogen) atoms. The zero-order valence-electron chi connectivity index (χ0n) is 7.14. The maximum absolute atomic E-state index is 11.2. The van der Waals surface area contributed by atoms with Gasteiger partial charge in [-0.05, 0) is 22.1 Å². The molecule has 2 aromatic rings. The van der Waals surface area contributed by atoms with Crippen molar-refractivity contribution in [3.63, 3.8) is 0 Å². The fourth-order valence-corrected chi connectivity index (χ4v) is 1.21. The van der Waals surface area contributed by atoms with Crippen molar-refractivity contribution in [2.45, 2.75) is 0 Å². The molecule has 0 aliphatic heterocycles. The Morgan fingerprint density at radius 2 is 2.00 bits per heavy atom. The number of nitrogens with zero attached hydrogens (tertiary/aromatic N) is 1. The minimum atomic E-state index is -0.566. The van der Waals surface area contributed by atoms with E-state index in [1.54, 1.807) is 24.3 Å². The van der Waals surface area contributed by atoms with Gasteiger partial charge in [0, 0.05) is 0 Å². The number of carbonyl (C=O) groups is 1. The van der Waals surface area contributed by atoms with Crippen LogP contribution >= 0.6 is 0 Å². The van der Waals surface area contributed by atoms with Crippen molar-refractivity contribution in [3.05, 3.63) is 40.8 Å². The number of rotatable bonds is 2. The maximum atomic E-state index is 11.2. The first-order valence-corrected chi connectivity index (χ1v) is 3.96. The number of aromatic amines is 1. The summed E-state index contributed by atoms with van der Waals surface area (Å²) in [5, 5.41) is 2.18. The van der Waals surface area contributed by atoms with Gasteiger partial charge in [-0.3, -0.25) is 4.52 Å². The Bertz CT molecular complexity index is 498. The van der Waals surface area contributed by atoms with Crippen LogP contribution < -0.4 is 10.3 Å². The lowest BCUT2D eigenvalue weighted by Crippen LogP contribution is -2.38. The SMILES string of the molecule is O=C[n+]1[nH]oc(=O)c1-c1ccccc1. The number of aromatic nitrogens is 2. The third-order valence-electron chi connectivity index (χ3n) is 1.82. The first-order valence-electron chi connectivity index (χ1n) is 3.96. The van der Waals surface area contributed by atoms with Crippen LogP contribution in [0.4, 0.5) is 0 Å². The highest BCUT2D eigenvalue weighted by Gasteiger charge is 2.21. The number of carbonyl (C=O) groups excluding carboxylic acids is 1. The summed E-state index contributed by atoms with van der Waals surface area (Å²) >= 11 is 0. The predicted molar refractivity (Wildman–Crippen MR) is 47.1 cm³/mol. The van der Waals surface area contributed by atoms with Crippen LogP contribution in [-0.2, 0) is 4.79 Å². The van der Waals surface area contributed by atoms with Crippen LogP contribution in [-0.4, -0.2) is 11.7 Å². The molecule has 5 nitrogen and oxygen atoms in total. The lowest BCUT2D eigenvalue weighted by Gasteiger charge is -1.87. The van der Waals surface area contributed by atoms with Crippen molar-refractivity contribution >= 4 is 6.41 Å². The Morgan fingerprint density at radius 3 is 2.64 bits per heavy atom. The largest absolute Gasteiger partial charge is 0.435 e. The molecular formula is C9H7N2O3+. The van der Waals surface area contributed by atoms with Crippen molar-refractivity contribution in [3.8, 4) is 11.3 Å². The molecule has 0 atom stereocenters. The second kappa shape index (κ2) is 3.29. The Kier molecular flexibility index (Phi) is 1.98. The molecule has 0 amide bonds. The van der Waals surface area contributed by atoms with Crippen LogP contribution in [0.25, 0.3) is 11.3 Å². The van der Waals surface area contributed by atoms with Crippen LogP contribution in [0.1, 0.15) is 0 Å². The van der Waals surface area contributed by atoms with Gasteiger partial charge >= 0.3 is 17.7 Å². The van der Waals surface area contributed by atoms with Crippen LogP contribution in [0.2, 0.25) is 0 Å². The van der Waals surface area contributed by atoms with E-state index in [-0.39, 0.29) is 5.69 Å². The summed E-state index contributed by atoms with van der Waals surface area (Å²) in [6.45, 7) is 0. The highest BCUT2D eigenvalue weighted by molar-refractivity contribution is 5.56. The van der Waals surface area contributed by atoms with E-state index in [1.807, 2.05) is 6.07 Å². The molecule has 1 N–H and O–H groups in total. The molecular weight excluding hydrogens is 184 g/mol. The van der Waals surface area contributed by atoms with Crippen molar-refractivity contribution < 1.29 is 14.0 Å². The van der Waals surface area contributed by atoms with Crippen molar-refractivity contribution in [1.82, 2.24) is 5.27 Å². The number of hydrogen-bond acceptors (Lipinski definition) is 3. The number of H-pyrrole nitrogens is 1. The van der Waals surface area contributed by atoms with Gasteiger partial charge in [0.05, 0.1) is 5.56 Å². The summed E-state index contributed by atoms with van der Waals surface area (Å²) in [7, 11) is 0. The number of nitrogens with one attached hydrogen (secondary N) is 1. The fourth-order valence-electron chi connectivity index (χ4n) is 1.21. The molecule has 0 aliphatic rings. The summed E-state index contributed by atoms with van der Waals surface area (Å²) in [6, 6.07) is 8.82. The van der Waals surface area contributed by atoms with E-state index in [2.05, 4.69) is 9.79 Å². The molecule has 0 spiro atoms. The van der Waals surface area contributed by atoms with Gasteiger partial charge in [-0.25, -0.2) is 9.59 Å². The second-order valence-corrected chi connectivity index (χ2v) is 2.67. The van der Waals surface area contributed by atoms with Gasteiger partial charge in [0.2, 0.25) is 0 Å². The number of hydrogen-bond donors (Lipinski definition) is 1. The second-order valence-electron chi connectivity index (χ2n) is 2.67. The van der Waals surface area contributed by atoms with Crippen LogP contribution in [0.5, 0.6) is 0 Å². The van der Waals surface area contributed by atoms with Crippen LogP contribution in [0, 0.1) is 0 Å². The van der Waals surface area contributed by atoms with E-state index in [1.165, 1.54) is 0 Å². The predicted octanol–water partition coefficient (Wildman–Crippen LogP) is -0.0393. The quantitative estimate of drug-likeness (QED) is 0.535. The monoisotopic (exact) mass is 191 g/mol. The molecule has 1 aromatic heterocycles. The van der Waals surface area contributed by atoms with E-state index < -0.39 is 5.63 Å². The van der Waals surface area contributed by atoms with Crippen molar-refractivity contribution in [2.24, 2.45) is 0 Å². The highest BCUT2D eigenvalue weighted by Crippen LogP contribution is 2.08. The minimum Gasteiger partial charge on any atom is -0.282 e. The topological polar surface area (TPSA) is 66.9 Å². The zero-order chi connectivity index (χ0) is 9.97. The molecule has 0 saturated carbocycles. The summed E-state index contributed by atoms with van der Waals surface area (Å²) in [5.41, 5.74) is 0.263. The average molecular weight is 191 g/mol. The minimum absolute atomic E-state index is 0.195. The molecule has 0 unspecified atom stereocenters. The molecule has 0 saturated heterocycles. The maximum Gasteiger partial charge on any atom is 0.435 e. The third kappa shape index (κ3) is 1.24. The molecule has 2 rings (SSSR count). The summed E-state index contributed by atoms with van der Waals surface area (Å²) in [5.74, 6) is 0. The standard InChI is InChI=1S/C9H6N2O3/c12-6-11-8(9(13)14-10-11)7-4-2-1-3-5-7/h1-6H/p+1. The summed E-state index contributed by atoms with van der Waals surface area (Å²) in [6.07, 6.45) is 0.479. The number of benzene rings is 1. The molecule has 0 fully saturated rings. The van der Waals surface area contributed by atoms with Gasteiger partial charge in [0.1, 0.15) is 0 Å². The van der Waals surface area contributed by atoms with Gasteiger partial charge in [-0.15, -0.1) is 0 Å². The third-order valence-corrected chi connectivity index (χ3v) is 1.82. The summed E-state index contributed by atoms with van der Waals surface area (Å²) in [4.78, 5) is 21.8. The van der Waals surface area contributed by atoms with Gasteiger partial charge < -0.3 is 0 Å². The Balaban J connectivity index is 2.67. The normalized spacial score (nSPS) is 10.0. The lowest BCUT2D eigenvalue weighted by molar-refractivity contribution is -0.620. The van der Waals surface area contributed by atoms with E-state index >= 15 is 0 Å². The van der Waals surface area contributed by atoms with Crippen LogP contribution in [0.3, 0.4) is 0 Å². The lowest BCUT2D eigenvalue weighted by atomic mass is 10.2. The molecule has 5 heteroatoms. The molecule has 0 aliphatic carbocycles. The molecule has 0 radical (unpaired) electrons. The van der Waals surface area contributed by atoms with Gasteiger partial charge in [0.15, 0.2) is 0 Å². The Labute approximate surface area is 78.5 Å². The van der Waals surface area contributed by atoms with E-state index in [0.29, 0.717) is 12.0 Å². The molecule has 0 bridgehead atoms. The highest BCUT2D eigenvalue weighted by atomic mass is 16.5. The van der Waals surface area contributed by atoms with Crippen LogP contribution in [0.15, 0.2) is 39.6 Å². The molecule has 70 valence electrons. The fraction of sp³-hybridized carbons (Fsp3) is 0.